The highest BCUT2D eigenvalue weighted by molar-refractivity contribution is 8.14. The van der Waals surface area contributed by atoms with Gasteiger partial charge in [-0.2, -0.15) is 0 Å². The first kappa shape index (κ1) is 11.2. The fourth-order valence-corrected chi connectivity index (χ4v) is 1.59. The molecule has 1 aromatic carbocycles. The average Bonchev–Trinajstić information content (AvgIpc) is 2.25. The molecule has 0 aliphatic carbocycles. The van der Waals surface area contributed by atoms with Crippen LogP contribution in [-0.2, 0) is 4.84 Å². The first-order valence-corrected chi connectivity index (χ1v) is 5.34. The lowest BCUT2D eigenvalue weighted by atomic mass is 10.2. The average molecular weight is 211 g/mol. The van der Waals surface area contributed by atoms with Gasteiger partial charge in [-0.1, -0.05) is 42.1 Å². The van der Waals surface area contributed by atoms with Crippen LogP contribution in [0.3, 0.4) is 0 Å². The van der Waals surface area contributed by atoms with Crippen molar-refractivity contribution in [1.82, 2.24) is 5.48 Å². The predicted octanol–water partition coefficient (Wildman–Crippen LogP) is 1.71. The zero-order valence-electron chi connectivity index (χ0n) is 8.03. The molecule has 0 saturated heterocycles. The minimum absolute atomic E-state index is 0.0882. The standard InChI is InChI=1S/C10H13NO2S/c1-11-13-7-8-14-10(12)9-5-3-2-4-6-9/h2-6,11H,7-8H2,1H3. The molecule has 0 fully saturated rings. The van der Waals surface area contributed by atoms with Crippen LogP contribution < -0.4 is 5.48 Å². The van der Waals surface area contributed by atoms with Crippen molar-refractivity contribution < 1.29 is 9.63 Å². The van der Waals surface area contributed by atoms with E-state index in [-0.39, 0.29) is 5.12 Å². The van der Waals surface area contributed by atoms with Crippen LogP contribution in [0.2, 0.25) is 0 Å². The van der Waals surface area contributed by atoms with Crippen LogP contribution in [0, 0.1) is 0 Å². The molecular formula is C10H13NO2S. The molecule has 0 saturated carbocycles. The van der Waals surface area contributed by atoms with Gasteiger partial charge in [0.2, 0.25) is 5.12 Å². The number of hydrogen-bond donors (Lipinski definition) is 1. The maximum Gasteiger partial charge on any atom is 0.219 e. The summed E-state index contributed by atoms with van der Waals surface area (Å²) in [5.74, 6) is 0.661. The molecule has 0 aliphatic heterocycles. The van der Waals surface area contributed by atoms with E-state index in [1.54, 1.807) is 7.05 Å². The molecule has 0 radical (unpaired) electrons. The molecule has 0 amide bonds. The predicted molar refractivity (Wildman–Crippen MR) is 58.2 cm³/mol. The van der Waals surface area contributed by atoms with Crippen LogP contribution in [0.4, 0.5) is 0 Å². The third-order valence-electron chi connectivity index (χ3n) is 1.57. The summed E-state index contributed by atoms with van der Waals surface area (Å²) < 4.78 is 0. The first-order chi connectivity index (χ1) is 6.84. The van der Waals surface area contributed by atoms with Crippen LogP contribution in [0.5, 0.6) is 0 Å². The van der Waals surface area contributed by atoms with Gasteiger partial charge in [0.15, 0.2) is 0 Å². The number of hydroxylamine groups is 1. The normalized spacial score (nSPS) is 10.1. The summed E-state index contributed by atoms with van der Waals surface area (Å²) in [6.07, 6.45) is 0. The summed E-state index contributed by atoms with van der Waals surface area (Å²) in [6, 6.07) is 9.24. The van der Waals surface area contributed by atoms with Gasteiger partial charge in [0.05, 0.1) is 6.61 Å². The monoisotopic (exact) mass is 211 g/mol. The number of rotatable bonds is 5. The maximum absolute atomic E-state index is 11.5. The summed E-state index contributed by atoms with van der Waals surface area (Å²) in [5, 5.41) is 0.0882. The van der Waals surface area contributed by atoms with Crippen molar-refractivity contribution in [3.05, 3.63) is 35.9 Å². The van der Waals surface area contributed by atoms with Crippen molar-refractivity contribution in [2.24, 2.45) is 0 Å². The molecule has 1 aromatic rings. The van der Waals surface area contributed by atoms with E-state index in [9.17, 15) is 4.79 Å². The Kier molecular flexibility index (Phi) is 5.29. The van der Waals surface area contributed by atoms with E-state index in [4.69, 9.17) is 4.84 Å². The summed E-state index contributed by atoms with van der Waals surface area (Å²) in [5.41, 5.74) is 3.29. The molecule has 0 aliphatic rings. The second-order valence-corrected chi connectivity index (χ2v) is 3.62. The topological polar surface area (TPSA) is 38.3 Å². The molecule has 14 heavy (non-hydrogen) atoms. The second kappa shape index (κ2) is 6.59. The van der Waals surface area contributed by atoms with Gasteiger partial charge < -0.3 is 4.84 Å². The molecule has 0 unspecified atom stereocenters. The van der Waals surface area contributed by atoms with E-state index < -0.39 is 0 Å². The highest BCUT2D eigenvalue weighted by Gasteiger charge is 2.04. The van der Waals surface area contributed by atoms with Gasteiger partial charge >= 0.3 is 0 Å². The Morgan fingerprint density at radius 1 is 1.43 bits per heavy atom. The third-order valence-corrected chi connectivity index (χ3v) is 2.44. The Labute approximate surface area is 87.8 Å². The van der Waals surface area contributed by atoms with E-state index >= 15 is 0 Å². The molecule has 1 N–H and O–H groups in total. The number of carbonyl (C=O) groups excluding carboxylic acids is 1. The van der Waals surface area contributed by atoms with E-state index in [0.29, 0.717) is 12.4 Å². The van der Waals surface area contributed by atoms with Crippen LogP contribution in [0.25, 0.3) is 0 Å². The molecule has 0 bridgehead atoms. The summed E-state index contributed by atoms with van der Waals surface area (Å²) >= 11 is 1.27. The molecule has 76 valence electrons. The van der Waals surface area contributed by atoms with E-state index in [1.807, 2.05) is 30.3 Å². The first-order valence-electron chi connectivity index (χ1n) is 4.35. The van der Waals surface area contributed by atoms with E-state index in [2.05, 4.69) is 5.48 Å². The van der Waals surface area contributed by atoms with Crippen LogP contribution >= 0.6 is 11.8 Å². The van der Waals surface area contributed by atoms with Gasteiger partial charge in [-0.15, -0.1) is 0 Å². The maximum atomic E-state index is 11.5. The second-order valence-electron chi connectivity index (χ2n) is 2.55. The molecule has 0 spiro atoms. The molecule has 0 aromatic heterocycles. The zero-order chi connectivity index (χ0) is 10.2. The van der Waals surface area contributed by atoms with Gasteiger partial charge in [-0.25, -0.2) is 5.48 Å². The highest BCUT2D eigenvalue weighted by atomic mass is 32.2. The van der Waals surface area contributed by atoms with Crippen molar-refractivity contribution in [1.29, 1.82) is 0 Å². The fourth-order valence-electron chi connectivity index (χ4n) is 0.936. The summed E-state index contributed by atoms with van der Waals surface area (Å²) in [7, 11) is 1.70. The molecule has 0 heterocycles. The van der Waals surface area contributed by atoms with Crippen LogP contribution in [0.1, 0.15) is 10.4 Å². The Morgan fingerprint density at radius 2 is 2.14 bits per heavy atom. The van der Waals surface area contributed by atoms with Gasteiger partial charge in [0.1, 0.15) is 0 Å². The van der Waals surface area contributed by atoms with Crippen molar-refractivity contribution in [3.63, 3.8) is 0 Å². The largest absolute Gasteiger partial charge is 0.301 e. The van der Waals surface area contributed by atoms with Gasteiger partial charge in [-0.3, -0.25) is 4.79 Å². The molecule has 0 atom stereocenters. The summed E-state index contributed by atoms with van der Waals surface area (Å²) in [4.78, 5) is 16.4. The highest BCUT2D eigenvalue weighted by Crippen LogP contribution is 2.11. The minimum atomic E-state index is 0.0882. The Bertz CT molecular complexity index is 277. The number of nitrogens with one attached hydrogen (secondary N) is 1. The molecule has 1 rings (SSSR count). The lowest BCUT2D eigenvalue weighted by Crippen LogP contribution is -2.10. The quantitative estimate of drug-likeness (QED) is 0.594. The minimum Gasteiger partial charge on any atom is -0.301 e. The molecular weight excluding hydrogens is 198 g/mol. The third kappa shape index (κ3) is 3.91. The smallest absolute Gasteiger partial charge is 0.219 e. The van der Waals surface area contributed by atoms with Crippen molar-refractivity contribution in [2.75, 3.05) is 19.4 Å². The van der Waals surface area contributed by atoms with Crippen LogP contribution in [-0.4, -0.2) is 24.5 Å². The molecule has 4 heteroatoms. The Balaban J connectivity index is 2.29. The van der Waals surface area contributed by atoms with Crippen LogP contribution in [0.15, 0.2) is 30.3 Å². The van der Waals surface area contributed by atoms with E-state index in [1.165, 1.54) is 11.8 Å². The fraction of sp³-hybridized carbons (Fsp3) is 0.300. The van der Waals surface area contributed by atoms with Gasteiger partial charge in [0, 0.05) is 18.4 Å². The van der Waals surface area contributed by atoms with Crippen molar-refractivity contribution >= 4 is 16.9 Å². The summed E-state index contributed by atoms with van der Waals surface area (Å²) in [6.45, 7) is 0.528. The zero-order valence-corrected chi connectivity index (χ0v) is 8.84. The number of hydrogen-bond acceptors (Lipinski definition) is 4. The van der Waals surface area contributed by atoms with Crippen molar-refractivity contribution in [2.45, 2.75) is 0 Å². The van der Waals surface area contributed by atoms with E-state index in [0.717, 1.165) is 5.56 Å². The van der Waals surface area contributed by atoms with Gasteiger partial charge in [-0.05, 0) is 0 Å². The number of thioether (sulfide) groups is 1. The lowest BCUT2D eigenvalue weighted by Gasteiger charge is -2.01. The Morgan fingerprint density at radius 3 is 2.79 bits per heavy atom. The SMILES string of the molecule is CNOCCSC(=O)c1ccccc1. The number of carbonyl (C=O) groups is 1. The lowest BCUT2D eigenvalue weighted by molar-refractivity contribution is 0.0706. The Hall–Kier alpha value is -0.840. The number of benzene rings is 1. The molecule has 3 nitrogen and oxygen atoms in total. The van der Waals surface area contributed by atoms with Gasteiger partial charge in [0.25, 0.3) is 0 Å². The van der Waals surface area contributed by atoms with Crippen molar-refractivity contribution in [3.8, 4) is 0 Å².